The molecule has 0 saturated carbocycles. The van der Waals surface area contributed by atoms with Crippen molar-refractivity contribution >= 4 is 5.57 Å². The predicted molar refractivity (Wildman–Crippen MR) is 70.3 cm³/mol. The number of hydrogen-bond donors (Lipinski definition) is 2. The van der Waals surface area contributed by atoms with Crippen LogP contribution in [-0.4, -0.2) is 40.4 Å². The number of aliphatic hydroxyl groups is 2. The van der Waals surface area contributed by atoms with E-state index >= 15 is 0 Å². The molecule has 0 radical (unpaired) electrons. The first-order valence-electron chi connectivity index (χ1n) is 6.47. The fourth-order valence-electron chi connectivity index (χ4n) is 2.74. The molecule has 0 unspecified atom stereocenters. The van der Waals surface area contributed by atoms with Gasteiger partial charge >= 0.3 is 0 Å². The molecule has 0 spiro atoms. The first-order valence-corrected chi connectivity index (χ1v) is 6.47. The van der Waals surface area contributed by atoms with Crippen LogP contribution in [0.4, 0.5) is 0 Å². The van der Waals surface area contributed by atoms with Crippen LogP contribution in [-0.2, 0) is 9.47 Å². The first kappa shape index (κ1) is 12.8. The van der Waals surface area contributed by atoms with Gasteiger partial charge in [-0.25, -0.2) is 0 Å². The summed E-state index contributed by atoms with van der Waals surface area (Å²) in [6, 6.07) is 9.72. The summed E-state index contributed by atoms with van der Waals surface area (Å²) in [7, 11) is 0. The topological polar surface area (TPSA) is 58.9 Å². The zero-order chi connectivity index (χ0) is 13.6. The van der Waals surface area contributed by atoms with Gasteiger partial charge in [-0.05, 0) is 31.1 Å². The molecule has 2 aliphatic rings. The van der Waals surface area contributed by atoms with Crippen molar-refractivity contribution in [2.24, 2.45) is 0 Å². The Balaban J connectivity index is 2.01. The van der Waals surface area contributed by atoms with Crippen LogP contribution in [0.15, 0.2) is 36.4 Å². The Morgan fingerprint density at radius 1 is 1.05 bits per heavy atom. The van der Waals surface area contributed by atoms with E-state index in [0.29, 0.717) is 0 Å². The van der Waals surface area contributed by atoms with Gasteiger partial charge in [-0.1, -0.05) is 30.3 Å². The number of aliphatic hydroxyl groups excluding tert-OH is 2. The highest BCUT2D eigenvalue weighted by molar-refractivity contribution is 5.71. The van der Waals surface area contributed by atoms with Crippen molar-refractivity contribution in [1.82, 2.24) is 0 Å². The molecular formula is C15H18O4. The molecule has 1 aliphatic heterocycles. The summed E-state index contributed by atoms with van der Waals surface area (Å²) in [5, 5.41) is 20.0. The number of fused-ring (bicyclic) bond motifs is 1. The van der Waals surface area contributed by atoms with Crippen LogP contribution in [0.3, 0.4) is 0 Å². The molecule has 1 saturated heterocycles. The maximum atomic E-state index is 10.0. The van der Waals surface area contributed by atoms with Gasteiger partial charge < -0.3 is 19.7 Å². The average Bonchev–Trinajstić information content (AvgIpc) is 2.71. The van der Waals surface area contributed by atoms with E-state index in [1.54, 1.807) is 6.08 Å². The van der Waals surface area contributed by atoms with Crippen molar-refractivity contribution in [3.8, 4) is 0 Å². The minimum atomic E-state index is -0.959. The number of benzene rings is 1. The smallest absolute Gasteiger partial charge is 0.164 e. The Morgan fingerprint density at radius 3 is 2.42 bits per heavy atom. The van der Waals surface area contributed by atoms with Crippen molar-refractivity contribution in [3.05, 3.63) is 42.0 Å². The van der Waals surface area contributed by atoms with Crippen LogP contribution in [0.25, 0.3) is 5.57 Å². The van der Waals surface area contributed by atoms with Crippen LogP contribution >= 0.6 is 0 Å². The second-order valence-electron chi connectivity index (χ2n) is 5.49. The van der Waals surface area contributed by atoms with E-state index in [-0.39, 0.29) is 6.10 Å². The largest absolute Gasteiger partial charge is 0.387 e. The molecule has 4 atom stereocenters. The second kappa shape index (κ2) is 4.42. The van der Waals surface area contributed by atoms with Crippen molar-refractivity contribution in [2.45, 2.75) is 44.1 Å². The van der Waals surface area contributed by atoms with Crippen LogP contribution in [0.2, 0.25) is 0 Å². The number of hydrogen-bond acceptors (Lipinski definition) is 4. The molecule has 3 rings (SSSR count). The van der Waals surface area contributed by atoms with Gasteiger partial charge in [-0.2, -0.15) is 0 Å². The van der Waals surface area contributed by atoms with E-state index in [1.165, 1.54) is 0 Å². The predicted octanol–water partition coefficient (Wildman–Crippen LogP) is 1.33. The summed E-state index contributed by atoms with van der Waals surface area (Å²) < 4.78 is 11.6. The summed E-state index contributed by atoms with van der Waals surface area (Å²) in [6.45, 7) is 3.63. The van der Waals surface area contributed by atoms with E-state index in [1.807, 2.05) is 44.2 Å². The third-order valence-corrected chi connectivity index (χ3v) is 3.58. The highest BCUT2D eigenvalue weighted by Gasteiger charge is 2.50. The summed E-state index contributed by atoms with van der Waals surface area (Å²) in [5.74, 6) is -0.756. The standard InChI is InChI=1S/C15H18O4/c1-15(2)18-13-10(9-6-4-3-5-7-9)8-11(16)12(17)14(13)19-15/h3-8,11-14,16-17H,1-2H3/t11-,12+,13+,14-/m0/s1. The molecule has 1 heterocycles. The van der Waals surface area contributed by atoms with Crippen molar-refractivity contribution in [1.29, 1.82) is 0 Å². The molecule has 0 amide bonds. The van der Waals surface area contributed by atoms with E-state index in [0.717, 1.165) is 11.1 Å². The zero-order valence-electron chi connectivity index (χ0n) is 11.0. The number of rotatable bonds is 1. The van der Waals surface area contributed by atoms with Gasteiger partial charge in [0.15, 0.2) is 5.79 Å². The average molecular weight is 262 g/mol. The molecule has 1 aromatic carbocycles. The molecule has 1 aliphatic carbocycles. The Bertz CT molecular complexity index is 494. The SMILES string of the molecule is CC1(C)O[C@H]2[C@H](O)[C@@H](O)C=C(c3ccccc3)[C@H]2O1. The lowest BCUT2D eigenvalue weighted by Gasteiger charge is -2.31. The molecule has 4 heteroatoms. The van der Waals surface area contributed by atoms with Crippen LogP contribution in [0, 0.1) is 0 Å². The van der Waals surface area contributed by atoms with E-state index < -0.39 is 24.1 Å². The molecule has 102 valence electrons. The molecule has 4 nitrogen and oxygen atoms in total. The fraction of sp³-hybridized carbons (Fsp3) is 0.467. The van der Waals surface area contributed by atoms with Crippen molar-refractivity contribution in [3.63, 3.8) is 0 Å². The van der Waals surface area contributed by atoms with Crippen LogP contribution < -0.4 is 0 Å². The molecule has 1 aromatic rings. The van der Waals surface area contributed by atoms with E-state index in [2.05, 4.69) is 0 Å². The van der Waals surface area contributed by atoms with Gasteiger partial charge in [0.25, 0.3) is 0 Å². The third-order valence-electron chi connectivity index (χ3n) is 3.58. The van der Waals surface area contributed by atoms with E-state index in [9.17, 15) is 10.2 Å². The maximum Gasteiger partial charge on any atom is 0.164 e. The molecule has 0 bridgehead atoms. The summed E-state index contributed by atoms with van der Waals surface area (Å²) >= 11 is 0. The highest BCUT2D eigenvalue weighted by atomic mass is 16.8. The van der Waals surface area contributed by atoms with Gasteiger partial charge in [0.05, 0.1) is 0 Å². The van der Waals surface area contributed by atoms with Gasteiger partial charge in [0.1, 0.15) is 24.4 Å². The monoisotopic (exact) mass is 262 g/mol. The zero-order valence-corrected chi connectivity index (χ0v) is 11.0. The summed E-state index contributed by atoms with van der Waals surface area (Å²) in [4.78, 5) is 0. The lowest BCUT2D eigenvalue weighted by Crippen LogP contribution is -2.46. The summed E-state index contributed by atoms with van der Waals surface area (Å²) in [6.07, 6.45) is -1.12. The Kier molecular flexibility index (Phi) is 2.98. The lowest BCUT2D eigenvalue weighted by molar-refractivity contribution is -0.157. The Labute approximate surface area is 112 Å². The van der Waals surface area contributed by atoms with Gasteiger partial charge in [0.2, 0.25) is 0 Å². The van der Waals surface area contributed by atoms with Crippen molar-refractivity contribution < 1.29 is 19.7 Å². The summed E-state index contributed by atoms with van der Waals surface area (Å²) in [5.41, 5.74) is 1.85. The molecule has 0 aromatic heterocycles. The maximum absolute atomic E-state index is 10.0. The lowest BCUT2D eigenvalue weighted by atomic mass is 9.86. The fourth-order valence-corrected chi connectivity index (χ4v) is 2.74. The van der Waals surface area contributed by atoms with E-state index in [4.69, 9.17) is 9.47 Å². The minimum absolute atomic E-state index is 0.351. The minimum Gasteiger partial charge on any atom is -0.387 e. The highest BCUT2D eigenvalue weighted by Crippen LogP contribution is 2.40. The molecular weight excluding hydrogens is 244 g/mol. The molecule has 19 heavy (non-hydrogen) atoms. The van der Waals surface area contributed by atoms with Crippen molar-refractivity contribution in [2.75, 3.05) is 0 Å². The Hall–Kier alpha value is -1.20. The van der Waals surface area contributed by atoms with Gasteiger partial charge in [0, 0.05) is 0 Å². The van der Waals surface area contributed by atoms with Gasteiger partial charge in [-0.15, -0.1) is 0 Å². The third kappa shape index (κ3) is 2.21. The molecule has 2 N–H and O–H groups in total. The quantitative estimate of drug-likeness (QED) is 0.801. The van der Waals surface area contributed by atoms with Crippen LogP contribution in [0.5, 0.6) is 0 Å². The second-order valence-corrected chi connectivity index (χ2v) is 5.49. The Morgan fingerprint density at radius 2 is 1.74 bits per heavy atom. The normalized spacial score (nSPS) is 36.7. The number of ether oxygens (including phenoxy) is 2. The molecule has 1 fully saturated rings. The van der Waals surface area contributed by atoms with Crippen LogP contribution in [0.1, 0.15) is 19.4 Å². The van der Waals surface area contributed by atoms with Gasteiger partial charge in [-0.3, -0.25) is 0 Å². The first-order chi connectivity index (χ1) is 8.98.